The Bertz CT molecular complexity index is 1020. The lowest BCUT2D eigenvalue weighted by Crippen LogP contribution is -2.13. The van der Waals surface area contributed by atoms with E-state index in [1.54, 1.807) is 37.2 Å². The van der Waals surface area contributed by atoms with Gasteiger partial charge >= 0.3 is 0 Å². The molecule has 0 saturated carbocycles. The quantitative estimate of drug-likeness (QED) is 0.593. The molecule has 0 radical (unpaired) electrons. The summed E-state index contributed by atoms with van der Waals surface area (Å²) < 4.78 is 32.8. The largest absolute Gasteiger partial charge is 0.497 e. The van der Waals surface area contributed by atoms with Crippen LogP contribution in [0.1, 0.15) is 11.3 Å². The van der Waals surface area contributed by atoms with Crippen LogP contribution in [0.3, 0.4) is 0 Å². The second kappa shape index (κ2) is 7.21. The first-order valence-electron chi connectivity index (χ1n) is 8.11. The van der Waals surface area contributed by atoms with Crippen LogP contribution < -0.4 is 4.74 Å². The Morgan fingerprint density at radius 1 is 0.962 bits per heavy atom. The lowest BCUT2D eigenvalue weighted by Gasteiger charge is -2.09. The van der Waals surface area contributed by atoms with Gasteiger partial charge in [-0.05, 0) is 49.9 Å². The van der Waals surface area contributed by atoms with E-state index in [0.717, 1.165) is 27.3 Å². The fourth-order valence-corrected chi connectivity index (χ4v) is 5.12. The van der Waals surface area contributed by atoms with Gasteiger partial charge in [0.25, 0.3) is 10.0 Å². The van der Waals surface area contributed by atoms with Crippen molar-refractivity contribution in [1.29, 1.82) is 0 Å². The number of hydrogen-bond donors (Lipinski definition) is 0. The first-order valence-corrected chi connectivity index (χ1v) is 10.8. The number of hydrogen-bond acceptors (Lipinski definition) is 4. The molecule has 0 atom stereocenters. The zero-order valence-electron chi connectivity index (χ0n) is 15.2. The molecule has 1 aromatic heterocycles. The standard InChI is InChI=1S/C20H21NO3S2/c1-14-5-11-18(12-6-14)26(22,23)21-13-19(20(25-4)15(21)2)16-7-9-17(24-3)10-8-16/h5-13H,1-4H3. The Labute approximate surface area is 158 Å². The highest BCUT2D eigenvalue weighted by atomic mass is 32.2. The molecule has 136 valence electrons. The molecule has 0 aliphatic heterocycles. The molecule has 3 rings (SSSR count). The van der Waals surface area contributed by atoms with Crippen molar-refractivity contribution in [3.05, 3.63) is 66.0 Å². The number of nitrogens with zero attached hydrogens (tertiary/aromatic N) is 1. The van der Waals surface area contributed by atoms with Crippen LogP contribution in [-0.2, 0) is 10.0 Å². The Morgan fingerprint density at radius 2 is 1.58 bits per heavy atom. The number of rotatable bonds is 5. The van der Waals surface area contributed by atoms with Crippen molar-refractivity contribution in [3.8, 4) is 16.9 Å². The van der Waals surface area contributed by atoms with Crippen LogP contribution in [0.2, 0.25) is 0 Å². The molecule has 4 nitrogen and oxygen atoms in total. The summed E-state index contributed by atoms with van der Waals surface area (Å²) in [7, 11) is -2.02. The van der Waals surface area contributed by atoms with Crippen molar-refractivity contribution >= 4 is 21.8 Å². The number of methoxy groups -OCH3 is 1. The van der Waals surface area contributed by atoms with Gasteiger partial charge < -0.3 is 4.74 Å². The summed E-state index contributed by atoms with van der Waals surface area (Å²) in [5.41, 5.74) is 3.59. The highest BCUT2D eigenvalue weighted by molar-refractivity contribution is 7.98. The maximum Gasteiger partial charge on any atom is 0.267 e. The van der Waals surface area contributed by atoms with Crippen LogP contribution in [-0.4, -0.2) is 25.8 Å². The molecule has 0 amide bonds. The van der Waals surface area contributed by atoms with Crippen LogP contribution in [0.5, 0.6) is 5.75 Å². The Kier molecular flexibility index (Phi) is 5.16. The normalized spacial score (nSPS) is 11.5. The average molecular weight is 388 g/mol. The van der Waals surface area contributed by atoms with E-state index in [1.165, 1.54) is 3.97 Å². The first kappa shape index (κ1) is 18.6. The molecule has 0 bridgehead atoms. The van der Waals surface area contributed by atoms with Crippen LogP contribution in [0.15, 0.2) is 64.5 Å². The van der Waals surface area contributed by atoms with Crippen molar-refractivity contribution in [2.45, 2.75) is 23.6 Å². The van der Waals surface area contributed by atoms with E-state index in [-0.39, 0.29) is 4.90 Å². The number of benzene rings is 2. The second-order valence-electron chi connectivity index (χ2n) is 6.00. The van der Waals surface area contributed by atoms with Gasteiger partial charge in [-0.2, -0.15) is 0 Å². The number of aryl methyl sites for hydroxylation is 1. The molecular formula is C20H21NO3S2. The molecule has 3 aromatic rings. The molecule has 0 fully saturated rings. The summed E-state index contributed by atoms with van der Waals surface area (Å²) >= 11 is 1.54. The minimum atomic E-state index is -3.64. The van der Waals surface area contributed by atoms with Crippen molar-refractivity contribution in [1.82, 2.24) is 3.97 Å². The third-order valence-corrected chi connectivity index (χ3v) is 7.02. The highest BCUT2D eigenvalue weighted by Gasteiger charge is 2.23. The molecule has 0 saturated heterocycles. The van der Waals surface area contributed by atoms with Gasteiger partial charge in [0.15, 0.2) is 0 Å². The van der Waals surface area contributed by atoms with Gasteiger partial charge in [0.1, 0.15) is 5.75 Å². The van der Waals surface area contributed by atoms with Gasteiger partial charge in [-0.25, -0.2) is 12.4 Å². The van der Waals surface area contributed by atoms with Gasteiger partial charge in [0, 0.05) is 22.3 Å². The lowest BCUT2D eigenvalue weighted by atomic mass is 10.1. The zero-order valence-corrected chi connectivity index (χ0v) is 16.8. The summed E-state index contributed by atoms with van der Waals surface area (Å²) in [5.74, 6) is 0.767. The fraction of sp³-hybridized carbons (Fsp3) is 0.200. The first-order chi connectivity index (χ1) is 12.4. The minimum absolute atomic E-state index is 0.287. The molecule has 0 aliphatic carbocycles. The molecule has 2 aromatic carbocycles. The van der Waals surface area contributed by atoms with E-state index < -0.39 is 10.0 Å². The van der Waals surface area contributed by atoms with E-state index in [1.807, 2.05) is 56.5 Å². The third-order valence-electron chi connectivity index (χ3n) is 4.33. The number of aromatic nitrogens is 1. The smallest absolute Gasteiger partial charge is 0.267 e. The van der Waals surface area contributed by atoms with Gasteiger partial charge in [0.2, 0.25) is 0 Å². The van der Waals surface area contributed by atoms with E-state index in [0.29, 0.717) is 5.69 Å². The Hall–Kier alpha value is -2.18. The summed E-state index contributed by atoms with van der Waals surface area (Å²) in [6, 6.07) is 14.6. The average Bonchev–Trinajstić information content (AvgIpc) is 2.99. The SMILES string of the molecule is COc1ccc(-c2cn(S(=O)(=O)c3ccc(C)cc3)c(C)c2SC)cc1. The molecule has 26 heavy (non-hydrogen) atoms. The summed E-state index contributed by atoms with van der Waals surface area (Å²) in [4.78, 5) is 1.24. The maximum atomic E-state index is 13.1. The molecule has 6 heteroatoms. The van der Waals surface area contributed by atoms with Gasteiger partial charge in [0.05, 0.1) is 12.0 Å². The molecule has 0 aliphatic rings. The molecule has 0 unspecified atom stereocenters. The monoisotopic (exact) mass is 387 g/mol. The molecular weight excluding hydrogens is 366 g/mol. The summed E-state index contributed by atoms with van der Waals surface area (Å²) in [5, 5.41) is 0. The van der Waals surface area contributed by atoms with E-state index >= 15 is 0 Å². The topological polar surface area (TPSA) is 48.3 Å². The number of thioether (sulfide) groups is 1. The van der Waals surface area contributed by atoms with Crippen molar-refractivity contribution < 1.29 is 13.2 Å². The van der Waals surface area contributed by atoms with Crippen molar-refractivity contribution in [3.63, 3.8) is 0 Å². The maximum absolute atomic E-state index is 13.1. The van der Waals surface area contributed by atoms with Crippen LogP contribution in [0.4, 0.5) is 0 Å². The minimum Gasteiger partial charge on any atom is -0.497 e. The van der Waals surface area contributed by atoms with Crippen LogP contribution >= 0.6 is 11.8 Å². The number of ether oxygens (including phenoxy) is 1. The van der Waals surface area contributed by atoms with E-state index in [9.17, 15) is 8.42 Å². The molecule has 1 heterocycles. The molecule has 0 N–H and O–H groups in total. The lowest BCUT2D eigenvalue weighted by molar-refractivity contribution is 0.415. The van der Waals surface area contributed by atoms with E-state index in [2.05, 4.69) is 0 Å². The van der Waals surface area contributed by atoms with Crippen molar-refractivity contribution in [2.24, 2.45) is 0 Å². The van der Waals surface area contributed by atoms with E-state index in [4.69, 9.17) is 4.74 Å². The van der Waals surface area contributed by atoms with Crippen LogP contribution in [0.25, 0.3) is 11.1 Å². The zero-order chi connectivity index (χ0) is 18.9. The summed E-state index contributed by atoms with van der Waals surface area (Å²) in [6.07, 6.45) is 3.66. The van der Waals surface area contributed by atoms with Gasteiger partial charge in [-0.1, -0.05) is 29.8 Å². The fourth-order valence-electron chi connectivity index (χ4n) is 2.88. The predicted octanol–water partition coefficient (Wildman–Crippen LogP) is 4.74. The highest BCUT2D eigenvalue weighted by Crippen LogP contribution is 2.36. The third kappa shape index (κ3) is 3.27. The Balaban J connectivity index is 2.14. The van der Waals surface area contributed by atoms with Gasteiger partial charge in [-0.3, -0.25) is 0 Å². The Morgan fingerprint density at radius 3 is 2.12 bits per heavy atom. The van der Waals surface area contributed by atoms with Gasteiger partial charge in [-0.15, -0.1) is 11.8 Å². The van der Waals surface area contributed by atoms with Crippen molar-refractivity contribution in [2.75, 3.05) is 13.4 Å². The second-order valence-corrected chi connectivity index (χ2v) is 8.64. The molecule has 0 spiro atoms. The summed E-state index contributed by atoms with van der Waals surface area (Å²) in [6.45, 7) is 3.77. The predicted molar refractivity (Wildman–Crippen MR) is 107 cm³/mol. The van der Waals surface area contributed by atoms with Crippen LogP contribution in [0, 0.1) is 13.8 Å².